The van der Waals surface area contributed by atoms with Gasteiger partial charge in [0.15, 0.2) is 0 Å². The lowest BCUT2D eigenvalue weighted by atomic mass is 10.0. The molecule has 242 valence electrons. The highest BCUT2D eigenvalue weighted by molar-refractivity contribution is 8.26. The molecule has 2 fully saturated rings. The fourth-order valence-corrected chi connectivity index (χ4v) is 7.60. The second-order valence-corrected chi connectivity index (χ2v) is 13.8. The number of carbonyl (C=O) groups is 1. The van der Waals surface area contributed by atoms with E-state index in [0.29, 0.717) is 27.9 Å². The number of unbranched alkanes of at least 4 members (excludes halogenated alkanes) is 9. The van der Waals surface area contributed by atoms with E-state index in [0.717, 1.165) is 56.8 Å². The Kier molecular flexibility index (Phi) is 13.6. The van der Waals surface area contributed by atoms with Gasteiger partial charge in [-0.25, -0.2) is 0 Å². The number of rotatable bonds is 16. The number of nitriles is 1. The molecule has 2 aliphatic heterocycles. The van der Waals surface area contributed by atoms with Gasteiger partial charge < -0.3 is 9.80 Å². The molecule has 0 aliphatic carbocycles. The van der Waals surface area contributed by atoms with Gasteiger partial charge in [-0.15, -0.1) is 0 Å². The molecular weight excluding hydrogens is 599 g/mol. The Balaban J connectivity index is 1.50. The minimum absolute atomic E-state index is 0.0769. The van der Waals surface area contributed by atoms with E-state index in [2.05, 4.69) is 47.1 Å². The highest BCUT2D eigenvalue weighted by Gasteiger charge is 2.33. The Bertz CT molecular complexity index is 1440. The summed E-state index contributed by atoms with van der Waals surface area (Å²) in [5.74, 6) is 0.720. The van der Waals surface area contributed by atoms with Crippen molar-refractivity contribution >= 4 is 51.8 Å². The lowest BCUT2D eigenvalue weighted by Gasteiger charge is -2.39. The van der Waals surface area contributed by atoms with E-state index in [1.807, 2.05) is 26.0 Å². The number of nitrogens with zero attached hydrogens (tertiary/aromatic N) is 5. The third-order valence-electron chi connectivity index (χ3n) is 8.88. The fraction of sp³-hybridized carbons (Fsp3) is 0.556. The molecule has 4 rings (SSSR count). The zero-order chi connectivity index (χ0) is 32.2. The lowest BCUT2D eigenvalue weighted by molar-refractivity contribution is -0.122. The third-order valence-corrected chi connectivity index (χ3v) is 10.3. The van der Waals surface area contributed by atoms with Gasteiger partial charge in [0, 0.05) is 50.5 Å². The predicted octanol–water partition coefficient (Wildman–Crippen LogP) is 7.89. The van der Waals surface area contributed by atoms with Crippen LogP contribution in [0.5, 0.6) is 0 Å². The number of amides is 1. The van der Waals surface area contributed by atoms with Crippen molar-refractivity contribution in [3.05, 3.63) is 62.3 Å². The molecule has 45 heavy (non-hydrogen) atoms. The Morgan fingerprint density at radius 3 is 2.04 bits per heavy atom. The monoisotopic (exact) mass is 647 g/mol. The average molecular weight is 648 g/mol. The number of thioether (sulfide) groups is 1. The van der Waals surface area contributed by atoms with Crippen LogP contribution in [0, 0.1) is 18.3 Å². The number of benzene rings is 1. The maximum absolute atomic E-state index is 13.6. The van der Waals surface area contributed by atoms with Gasteiger partial charge in [-0.3, -0.25) is 19.1 Å². The number of piperazine rings is 1. The zero-order valence-corrected chi connectivity index (χ0v) is 29.0. The summed E-state index contributed by atoms with van der Waals surface area (Å²) in [6.07, 6.45) is 15.0. The first-order valence-corrected chi connectivity index (χ1v) is 18.1. The molecule has 0 unspecified atom stereocenters. The van der Waals surface area contributed by atoms with Crippen molar-refractivity contribution in [3.63, 3.8) is 0 Å². The molecule has 0 saturated carbocycles. The van der Waals surface area contributed by atoms with Crippen LogP contribution in [0.25, 0.3) is 6.08 Å². The van der Waals surface area contributed by atoms with Crippen LogP contribution in [0.1, 0.15) is 101 Å². The first kappa shape index (κ1) is 34.8. The van der Waals surface area contributed by atoms with Crippen LogP contribution in [0.4, 0.5) is 11.5 Å². The highest BCUT2D eigenvalue weighted by Crippen LogP contribution is 2.36. The van der Waals surface area contributed by atoms with E-state index in [1.54, 1.807) is 9.47 Å². The largest absolute Gasteiger partial charge is 0.368 e. The number of thiocarbonyl (C=S) groups is 1. The quantitative estimate of drug-likeness (QED) is 0.104. The molecule has 0 radical (unpaired) electrons. The molecule has 1 aromatic carbocycles. The van der Waals surface area contributed by atoms with Crippen LogP contribution in [0.2, 0.25) is 0 Å². The lowest BCUT2D eigenvalue weighted by Crippen LogP contribution is -2.48. The standard InChI is InChI=1S/C36H49N5O2S2/c1-4-6-7-8-9-10-11-12-13-17-21-41-35(43)32(45-36(41)44)26-30-28(3)31(27-37)34(42)40(20-5-2)33(30)39-24-22-38(23-25-39)29-18-15-14-16-19-29/h14-16,18-19,26H,4-13,17,20-25H2,1-3H3/b32-26+. The predicted molar refractivity (Wildman–Crippen MR) is 193 cm³/mol. The van der Waals surface area contributed by atoms with E-state index in [-0.39, 0.29) is 17.0 Å². The average Bonchev–Trinajstić information content (AvgIpc) is 3.32. The summed E-state index contributed by atoms with van der Waals surface area (Å²) < 4.78 is 2.33. The van der Waals surface area contributed by atoms with Crippen LogP contribution in [-0.2, 0) is 11.3 Å². The van der Waals surface area contributed by atoms with E-state index >= 15 is 0 Å². The molecule has 1 aromatic heterocycles. The molecule has 0 atom stereocenters. The van der Waals surface area contributed by atoms with E-state index in [4.69, 9.17) is 12.2 Å². The van der Waals surface area contributed by atoms with Gasteiger partial charge in [0.25, 0.3) is 11.5 Å². The number of pyridine rings is 1. The van der Waals surface area contributed by atoms with E-state index in [9.17, 15) is 14.9 Å². The van der Waals surface area contributed by atoms with Crippen molar-refractivity contribution in [3.8, 4) is 6.07 Å². The summed E-state index contributed by atoms with van der Waals surface area (Å²) in [4.78, 5) is 34.1. The van der Waals surface area contributed by atoms with E-state index < -0.39 is 0 Å². The fourth-order valence-electron chi connectivity index (χ4n) is 6.31. The van der Waals surface area contributed by atoms with Crippen LogP contribution in [-0.4, -0.2) is 52.4 Å². The van der Waals surface area contributed by atoms with Crippen LogP contribution < -0.4 is 15.4 Å². The number of hydrogen-bond acceptors (Lipinski definition) is 7. The van der Waals surface area contributed by atoms with Gasteiger partial charge in [-0.05, 0) is 43.5 Å². The smallest absolute Gasteiger partial charge is 0.270 e. The van der Waals surface area contributed by atoms with Crippen LogP contribution in [0.15, 0.2) is 40.0 Å². The SMILES string of the molecule is CCCCCCCCCCCCN1C(=O)/C(=C\c2c(C)c(C#N)c(=O)n(CCC)c2N2CCN(c3ccccc3)CC2)SC1=S. The highest BCUT2D eigenvalue weighted by atomic mass is 32.2. The number of carbonyl (C=O) groups excluding carboxylic acids is 1. The topological polar surface area (TPSA) is 72.6 Å². The number of para-hydroxylation sites is 1. The normalized spacial score (nSPS) is 16.2. The maximum atomic E-state index is 13.6. The van der Waals surface area contributed by atoms with Gasteiger partial charge in [0.1, 0.15) is 21.8 Å². The van der Waals surface area contributed by atoms with Gasteiger partial charge in [-0.2, -0.15) is 5.26 Å². The Hall–Kier alpha value is -3.09. The molecule has 3 heterocycles. The molecule has 0 spiro atoms. The van der Waals surface area contributed by atoms with Crippen molar-refractivity contribution in [1.29, 1.82) is 5.26 Å². The summed E-state index contributed by atoms with van der Waals surface area (Å²) in [7, 11) is 0. The third kappa shape index (κ3) is 8.80. The molecule has 2 aromatic rings. The molecule has 7 nitrogen and oxygen atoms in total. The zero-order valence-electron chi connectivity index (χ0n) is 27.4. The molecule has 0 bridgehead atoms. The van der Waals surface area contributed by atoms with Gasteiger partial charge in [0.2, 0.25) is 0 Å². The second kappa shape index (κ2) is 17.6. The maximum Gasteiger partial charge on any atom is 0.270 e. The van der Waals surface area contributed by atoms with Crippen molar-refractivity contribution < 1.29 is 4.79 Å². The molecule has 0 N–H and O–H groups in total. The van der Waals surface area contributed by atoms with Gasteiger partial charge in [0.05, 0.1) is 4.91 Å². The Morgan fingerprint density at radius 1 is 0.844 bits per heavy atom. The second-order valence-electron chi connectivity index (χ2n) is 12.1. The van der Waals surface area contributed by atoms with E-state index in [1.165, 1.54) is 68.8 Å². The van der Waals surface area contributed by atoms with Crippen molar-refractivity contribution in [2.75, 3.05) is 42.5 Å². The first-order valence-electron chi connectivity index (χ1n) is 16.9. The minimum Gasteiger partial charge on any atom is -0.368 e. The van der Waals surface area contributed by atoms with Crippen LogP contribution >= 0.6 is 24.0 Å². The molecular formula is C36H49N5O2S2. The number of anilines is 2. The Morgan fingerprint density at radius 2 is 1.44 bits per heavy atom. The van der Waals surface area contributed by atoms with Gasteiger partial charge >= 0.3 is 0 Å². The molecule has 1 amide bonds. The number of aromatic nitrogens is 1. The van der Waals surface area contributed by atoms with Crippen molar-refractivity contribution in [1.82, 2.24) is 9.47 Å². The van der Waals surface area contributed by atoms with Crippen molar-refractivity contribution in [2.24, 2.45) is 0 Å². The minimum atomic E-state index is -0.261. The summed E-state index contributed by atoms with van der Waals surface area (Å²) in [5.41, 5.74) is 2.46. The van der Waals surface area contributed by atoms with Gasteiger partial charge in [-0.1, -0.05) is 114 Å². The summed E-state index contributed by atoms with van der Waals surface area (Å²) in [5, 5.41) is 9.99. The van der Waals surface area contributed by atoms with Crippen molar-refractivity contribution in [2.45, 2.75) is 97.9 Å². The molecule has 2 aliphatic rings. The molecule has 2 saturated heterocycles. The Labute approximate surface area is 279 Å². The summed E-state index contributed by atoms with van der Waals surface area (Å²) in [6.45, 7) is 10.3. The number of hydrogen-bond donors (Lipinski definition) is 0. The molecule has 9 heteroatoms. The summed E-state index contributed by atoms with van der Waals surface area (Å²) in [6, 6.07) is 12.5. The van der Waals surface area contributed by atoms with Crippen LogP contribution in [0.3, 0.4) is 0 Å². The first-order chi connectivity index (χ1) is 21.9. The summed E-state index contributed by atoms with van der Waals surface area (Å²) >= 11 is 7.00.